The van der Waals surface area contributed by atoms with Crippen LogP contribution in [0.3, 0.4) is 0 Å². The predicted molar refractivity (Wildman–Crippen MR) is 162 cm³/mol. The number of H-pyrrole nitrogens is 2. The topological polar surface area (TPSA) is 122 Å². The van der Waals surface area contributed by atoms with Crippen molar-refractivity contribution in [2.24, 2.45) is 0 Å². The van der Waals surface area contributed by atoms with Crippen molar-refractivity contribution < 1.29 is 33.2 Å². The van der Waals surface area contributed by atoms with Gasteiger partial charge in [0.15, 0.2) is 23.0 Å². The number of hydrogen-bond donors (Lipinski definition) is 2. The van der Waals surface area contributed by atoms with Gasteiger partial charge in [0, 0.05) is 23.3 Å². The van der Waals surface area contributed by atoms with E-state index in [4.69, 9.17) is 43.1 Å². The number of methoxy groups -OCH3 is 6. The van der Waals surface area contributed by atoms with Gasteiger partial charge in [0.05, 0.1) is 64.7 Å². The fourth-order valence-electron chi connectivity index (χ4n) is 4.95. The maximum absolute atomic E-state index is 6.22. The number of nitrogens with zero attached hydrogens (tertiary/aromatic N) is 2. The maximum Gasteiger partial charge on any atom is 0.203 e. The number of benzene rings is 4. The van der Waals surface area contributed by atoms with Gasteiger partial charge in [-0.3, -0.25) is 0 Å². The Kier molecular flexibility index (Phi) is 7.29. The van der Waals surface area contributed by atoms with Gasteiger partial charge < -0.3 is 43.1 Å². The standard InChI is InChI=1S/C32H30N4O7/c1-37-25-11-17(12-26(38-2)29(25)41-5)31-33-21-9-7-19(15-23(21)35-31)43-20-8-10-22-24(16-20)36-32(34-22)18-13-27(39-3)30(42-6)28(14-18)40-4/h7-16H,1-6H3,(H,33,35)(H,34,36). The molecule has 0 radical (unpaired) electrons. The molecule has 0 unspecified atom stereocenters. The van der Waals surface area contributed by atoms with E-state index in [1.165, 1.54) is 0 Å². The van der Waals surface area contributed by atoms with E-state index in [2.05, 4.69) is 9.97 Å². The van der Waals surface area contributed by atoms with E-state index in [1.54, 1.807) is 42.7 Å². The van der Waals surface area contributed by atoms with Gasteiger partial charge in [0.2, 0.25) is 11.5 Å². The number of ether oxygens (including phenoxy) is 7. The minimum absolute atomic E-state index is 0.519. The lowest BCUT2D eigenvalue weighted by Gasteiger charge is -2.13. The van der Waals surface area contributed by atoms with Crippen LogP contribution in [0, 0.1) is 0 Å². The first-order valence-corrected chi connectivity index (χ1v) is 13.3. The molecule has 0 saturated heterocycles. The minimum Gasteiger partial charge on any atom is -0.493 e. The molecule has 0 saturated carbocycles. The number of aromatic amines is 2. The average molecular weight is 583 g/mol. The molecular weight excluding hydrogens is 552 g/mol. The van der Waals surface area contributed by atoms with Crippen molar-refractivity contribution in [2.75, 3.05) is 42.7 Å². The molecule has 11 heteroatoms. The Labute approximate surface area is 247 Å². The van der Waals surface area contributed by atoms with E-state index in [-0.39, 0.29) is 0 Å². The van der Waals surface area contributed by atoms with Crippen molar-refractivity contribution in [1.29, 1.82) is 0 Å². The smallest absolute Gasteiger partial charge is 0.203 e. The number of imidazole rings is 2. The molecular formula is C32H30N4O7. The van der Waals surface area contributed by atoms with Crippen LogP contribution in [0.2, 0.25) is 0 Å². The Hall–Kier alpha value is -5.58. The number of hydrogen-bond acceptors (Lipinski definition) is 9. The van der Waals surface area contributed by atoms with Gasteiger partial charge in [-0.1, -0.05) is 0 Å². The van der Waals surface area contributed by atoms with Gasteiger partial charge in [0.1, 0.15) is 23.1 Å². The lowest BCUT2D eigenvalue weighted by atomic mass is 10.1. The number of aromatic nitrogens is 4. The fourth-order valence-corrected chi connectivity index (χ4v) is 4.95. The Morgan fingerprint density at radius 2 is 0.930 bits per heavy atom. The molecule has 0 aliphatic rings. The van der Waals surface area contributed by atoms with Gasteiger partial charge in [0.25, 0.3) is 0 Å². The highest BCUT2D eigenvalue weighted by Crippen LogP contribution is 2.42. The van der Waals surface area contributed by atoms with Crippen molar-refractivity contribution in [3.8, 4) is 68.8 Å². The summed E-state index contributed by atoms with van der Waals surface area (Å²) in [6, 6.07) is 18.8. The summed E-state index contributed by atoms with van der Waals surface area (Å²) in [5.41, 5.74) is 4.78. The van der Waals surface area contributed by atoms with Gasteiger partial charge in [-0.05, 0) is 48.5 Å². The average Bonchev–Trinajstić information content (AvgIpc) is 3.67. The minimum atomic E-state index is 0.519. The monoisotopic (exact) mass is 582 g/mol. The number of rotatable bonds is 10. The largest absolute Gasteiger partial charge is 0.493 e. The van der Waals surface area contributed by atoms with E-state index in [0.29, 0.717) is 57.6 Å². The first kappa shape index (κ1) is 27.6. The summed E-state index contributed by atoms with van der Waals surface area (Å²) in [6.45, 7) is 0. The molecule has 0 spiro atoms. The molecule has 0 aliphatic carbocycles. The third kappa shape index (κ3) is 5.05. The van der Waals surface area contributed by atoms with Gasteiger partial charge in [-0.2, -0.15) is 0 Å². The van der Waals surface area contributed by atoms with E-state index in [9.17, 15) is 0 Å². The van der Waals surface area contributed by atoms with Crippen molar-refractivity contribution >= 4 is 22.1 Å². The van der Waals surface area contributed by atoms with E-state index in [1.807, 2.05) is 60.7 Å². The van der Waals surface area contributed by atoms with Crippen LogP contribution >= 0.6 is 0 Å². The number of nitrogens with one attached hydrogen (secondary N) is 2. The lowest BCUT2D eigenvalue weighted by Crippen LogP contribution is -1.96. The van der Waals surface area contributed by atoms with Crippen molar-refractivity contribution in [3.05, 3.63) is 60.7 Å². The fraction of sp³-hybridized carbons (Fsp3) is 0.188. The Morgan fingerprint density at radius 3 is 1.44 bits per heavy atom. The van der Waals surface area contributed by atoms with Crippen LogP contribution in [0.25, 0.3) is 44.8 Å². The van der Waals surface area contributed by atoms with E-state index >= 15 is 0 Å². The van der Waals surface area contributed by atoms with Crippen molar-refractivity contribution in [2.45, 2.75) is 0 Å². The summed E-state index contributed by atoms with van der Waals surface area (Å²) in [5.74, 6) is 5.81. The highest BCUT2D eigenvalue weighted by atomic mass is 16.5. The first-order chi connectivity index (χ1) is 21.0. The molecule has 11 nitrogen and oxygen atoms in total. The summed E-state index contributed by atoms with van der Waals surface area (Å²) in [4.78, 5) is 16.2. The molecule has 0 fully saturated rings. The highest BCUT2D eigenvalue weighted by molar-refractivity contribution is 5.83. The molecule has 6 aromatic rings. The second-order valence-corrected chi connectivity index (χ2v) is 9.46. The number of fused-ring (bicyclic) bond motifs is 2. The second kappa shape index (κ2) is 11.4. The SMILES string of the molecule is COc1cc(-c2nc3cc(Oc4ccc5nc(-c6cc(OC)c(OC)c(OC)c6)[nH]c5c4)ccc3[nH]2)cc(OC)c1OC. The Balaban J connectivity index is 1.28. The molecule has 0 bridgehead atoms. The maximum atomic E-state index is 6.22. The Morgan fingerprint density at radius 1 is 0.465 bits per heavy atom. The normalized spacial score (nSPS) is 11.0. The molecule has 2 heterocycles. The zero-order valence-corrected chi connectivity index (χ0v) is 24.5. The van der Waals surface area contributed by atoms with Crippen LogP contribution < -0.4 is 33.2 Å². The summed E-state index contributed by atoms with van der Waals surface area (Å²) in [6.07, 6.45) is 0. The molecule has 4 aromatic carbocycles. The summed E-state index contributed by atoms with van der Waals surface area (Å²) in [5, 5.41) is 0. The molecule has 2 N–H and O–H groups in total. The zero-order chi connectivity index (χ0) is 30.1. The third-order valence-corrected chi connectivity index (χ3v) is 7.02. The van der Waals surface area contributed by atoms with Crippen LogP contribution in [0.15, 0.2) is 60.7 Å². The van der Waals surface area contributed by atoms with E-state index in [0.717, 1.165) is 33.2 Å². The molecule has 0 amide bonds. The van der Waals surface area contributed by atoms with E-state index < -0.39 is 0 Å². The second-order valence-electron chi connectivity index (χ2n) is 9.46. The van der Waals surface area contributed by atoms with Crippen LogP contribution in [-0.2, 0) is 0 Å². The van der Waals surface area contributed by atoms with Crippen LogP contribution in [0.4, 0.5) is 0 Å². The summed E-state index contributed by atoms with van der Waals surface area (Å²) >= 11 is 0. The molecule has 0 aliphatic heterocycles. The van der Waals surface area contributed by atoms with Crippen LogP contribution in [0.1, 0.15) is 0 Å². The molecule has 0 atom stereocenters. The zero-order valence-electron chi connectivity index (χ0n) is 24.5. The first-order valence-electron chi connectivity index (χ1n) is 13.3. The molecule has 43 heavy (non-hydrogen) atoms. The van der Waals surface area contributed by atoms with Crippen molar-refractivity contribution in [1.82, 2.24) is 19.9 Å². The van der Waals surface area contributed by atoms with Crippen LogP contribution in [-0.4, -0.2) is 62.6 Å². The van der Waals surface area contributed by atoms with Crippen molar-refractivity contribution in [3.63, 3.8) is 0 Å². The Bertz CT molecular complexity index is 1760. The summed E-state index contributed by atoms with van der Waals surface area (Å²) < 4.78 is 39.1. The van der Waals surface area contributed by atoms with Gasteiger partial charge in [-0.15, -0.1) is 0 Å². The molecule has 2 aromatic heterocycles. The van der Waals surface area contributed by atoms with Crippen LogP contribution in [0.5, 0.6) is 46.0 Å². The van der Waals surface area contributed by atoms with Gasteiger partial charge in [-0.25, -0.2) is 9.97 Å². The predicted octanol–water partition coefficient (Wildman–Crippen LogP) is 6.62. The highest BCUT2D eigenvalue weighted by Gasteiger charge is 2.18. The lowest BCUT2D eigenvalue weighted by molar-refractivity contribution is 0.324. The summed E-state index contributed by atoms with van der Waals surface area (Å²) in [7, 11) is 9.47. The van der Waals surface area contributed by atoms with Gasteiger partial charge >= 0.3 is 0 Å². The molecule has 6 rings (SSSR count). The molecule has 220 valence electrons. The third-order valence-electron chi connectivity index (χ3n) is 7.02. The quantitative estimate of drug-likeness (QED) is 0.184.